The molecule has 0 radical (unpaired) electrons. The van der Waals surface area contributed by atoms with Crippen LogP contribution in [0, 0.1) is 12.8 Å². The van der Waals surface area contributed by atoms with E-state index in [1.807, 2.05) is 48.2 Å². The third-order valence-electron chi connectivity index (χ3n) is 6.34. The van der Waals surface area contributed by atoms with Gasteiger partial charge in [-0.1, -0.05) is 53.6 Å². The van der Waals surface area contributed by atoms with Crippen molar-refractivity contribution in [3.8, 4) is 5.75 Å². The van der Waals surface area contributed by atoms with Gasteiger partial charge in [0.25, 0.3) is 0 Å². The van der Waals surface area contributed by atoms with Gasteiger partial charge in [0, 0.05) is 18.1 Å². The van der Waals surface area contributed by atoms with Crippen LogP contribution in [0.4, 0.5) is 0 Å². The molecule has 6 nitrogen and oxygen atoms in total. The average Bonchev–Trinajstić information content (AvgIpc) is 2.85. The zero-order valence-electron chi connectivity index (χ0n) is 19.4. The third kappa shape index (κ3) is 6.23. The topological polar surface area (TPSA) is 83.9 Å². The highest BCUT2D eigenvalue weighted by Crippen LogP contribution is 2.32. The van der Waals surface area contributed by atoms with Crippen LogP contribution in [-0.2, 0) is 27.8 Å². The van der Waals surface area contributed by atoms with Crippen LogP contribution in [0.5, 0.6) is 5.75 Å². The maximum atomic E-state index is 13.6. The first kappa shape index (κ1) is 25.2. The Morgan fingerprint density at radius 3 is 2.26 bits per heavy atom. The van der Waals surface area contributed by atoms with E-state index in [9.17, 15) is 18.3 Å². The van der Waals surface area contributed by atoms with Gasteiger partial charge in [-0.2, -0.15) is 0 Å². The molecule has 3 aromatic carbocycles. The van der Waals surface area contributed by atoms with Crippen LogP contribution in [0.1, 0.15) is 29.5 Å². The smallest absolute Gasteiger partial charge is 0.306 e. The van der Waals surface area contributed by atoms with Gasteiger partial charge in [0.2, 0.25) is 0 Å². The number of nitrogens with zero attached hydrogens (tertiary/aromatic N) is 1. The van der Waals surface area contributed by atoms with Gasteiger partial charge in [-0.15, -0.1) is 0 Å². The van der Waals surface area contributed by atoms with E-state index in [0.717, 1.165) is 16.7 Å². The number of carboxylic acids is 1. The van der Waals surface area contributed by atoms with Crippen LogP contribution < -0.4 is 4.74 Å². The van der Waals surface area contributed by atoms with Crippen LogP contribution in [0.3, 0.4) is 0 Å². The highest BCUT2D eigenvalue weighted by molar-refractivity contribution is 7.92. The van der Waals surface area contributed by atoms with Crippen molar-refractivity contribution in [2.24, 2.45) is 5.92 Å². The fourth-order valence-electron chi connectivity index (χ4n) is 4.26. The van der Waals surface area contributed by atoms with Gasteiger partial charge >= 0.3 is 5.97 Å². The number of piperidine rings is 1. The highest BCUT2D eigenvalue weighted by atomic mass is 35.5. The number of likely N-dealkylation sites (tertiary alicyclic amines) is 1. The van der Waals surface area contributed by atoms with Crippen molar-refractivity contribution in [3.63, 3.8) is 0 Å². The van der Waals surface area contributed by atoms with Crippen LogP contribution in [0.2, 0.25) is 5.02 Å². The molecule has 8 heteroatoms. The molecule has 0 amide bonds. The normalized spacial score (nSPS) is 18.8. The number of aliphatic carboxylic acids is 1. The molecule has 0 aliphatic carbocycles. The lowest BCUT2D eigenvalue weighted by atomic mass is 9.96. The Labute approximate surface area is 211 Å². The molecule has 2 unspecified atom stereocenters. The van der Waals surface area contributed by atoms with Gasteiger partial charge in [-0.25, -0.2) is 8.42 Å². The zero-order valence-corrected chi connectivity index (χ0v) is 21.0. The molecule has 0 spiro atoms. The molecule has 1 saturated heterocycles. The van der Waals surface area contributed by atoms with Crippen molar-refractivity contribution in [1.82, 2.24) is 4.90 Å². The second-order valence-electron chi connectivity index (χ2n) is 8.90. The van der Waals surface area contributed by atoms with Crippen molar-refractivity contribution in [1.29, 1.82) is 0 Å². The molecular formula is C27H28ClNO5S. The molecule has 0 bridgehead atoms. The first-order chi connectivity index (χ1) is 16.7. The number of benzene rings is 3. The molecule has 4 rings (SSSR count). The molecule has 2 atom stereocenters. The summed E-state index contributed by atoms with van der Waals surface area (Å²) >= 11 is 5.91. The Morgan fingerprint density at radius 2 is 1.63 bits per heavy atom. The maximum Gasteiger partial charge on any atom is 0.306 e. The van der Waals surface area contributed by atoms with E-state index < -0.39 is 27.1 Å². The first-order valence-electron chi connectivity index (χ1n) is 11.5. The molecule has 3 aromatic rings. The number of rotatable bonds is 8. The van der Waals surface area contributed by atoms with Gasteiger partial charge in [0.05, 0.1) is 10.8 Å². The standard InChI is InChI=1S/C27H28ClNO5S/c1-19-2-4-20(5-3-19)17-29-15-14-22(27(30)31)16-26(29)35(32,33)25-12-10-24(11-13-25)34-18-21-6-8-23(28)9-7-21/h2-13,22,26H,14-18H2,1H3,(H,30,31). The minimum Gasteiger partial charge on any atom is -0.489 e. The summed E-state index contributed by atoms with van der Waals surface area (Å²) in [5.41, 5.74) is 3.07. The molecule has 184 valence electrons. The summed E-state index contributed by atoms with van der Waals surface area (Å²) in [6, 6.07) is 21.6. The van der Waals surface area contributed by atoms with E-state index in [4.69, 9.17) is 16.3 Å². The van der Waals surface area contributed by atoms with Crippen molar-refractivity contribution >= 4 is 27.4 Å². The fraction of sp³-hybridized carbons (Fsp3) is 0.296. The maximum absolute atomic E-state index is 13.6. The van der Waals surface area contributed by atoms with E-state index >= 15 is 0 Å². The number of hydrogen-bond donors (Lipinski definition) is 1. The number of halogens is 1. The number of sulfone groups is 1. The van der Waals surface area contributed by atoms with Crippen molar-refractivity contribution in [3.05, 3.63) is 94.5 Å². The molecular weight excluding hydrogens is 486 g/mol. The van der Waals surface area contributed by atoms with Crippen LogP contribution in [0.25, 0.3) is 0 Å². The zero-order chi connectivity index (χ0) is 25.0. The predicted molar refractivity (Wildman–Crippen MR) is 135 cm³/mol. The lowest BCUT2D eigenvalue weighted by Gasteiger charge is -2.37. The number of ether oxygens (including phenoxy) is 1. The number of carbonyl (C=O) groups is 1. The number of carboxylic acid groups (broad SMARTS) is 1. The molecule has 1 N–H and O–H groups in total. The molecule has 0 saturated carbocycles. The molecule has 1 aliphatic rings. The van der Waals surface area contributed by atoms with Gasteiger partial charge in [0.1, 0.15) is 17.7 Å². The van der Waals surface area contributed by atoms with Gasteiger partial charge in [0.15, 0.2) is 9.84 Å². The lowest BCUT2D eigenvalue weighted by molar-refractivity contribution is -0.143. The van der Waals surface area contributed by atoms with Crippen molar-refractivity contribution in [2.45, 2.75) is 43.2 Å². The summed E-state index contributed by atoms with van der Waals surface area (Å²) in [4.78, 5) is 13.7. The van der Waals surface area contributed by atoms with E-state index in [2.05, 4.69) is 0 Å². The quantitative estimate of drug-likeness (QED) is 0.438. The SMILES string of the molecule is Cc1ccc(CN2CCC(C(=O)O)CC2S(=O)(=O)c2ccc(OCc3ccc(Cl)cc3)cc2)cc1. The Hall–Kier alpha value is -2.87. The molecule has 1 aliphatic heterocycles. The number of hydrogen-bond acceptors (Lipinski definition) is 5. The van der Waals surface area contributed by atoms with Crippen LogP contribution in [0.15, 0.2) is 77.7 Å². The monoisotopic (exact) mass is 513 g/mol. The van der Waals surface area contributed by atoms with Crippen LogP contribution in [-0.4, -0.2) is 36.3 Å². The van der Waals surface area contributed by atoms with Crippen molar-refractivity contribution < 1.29 is 23.1 Å². The summed E-state index contributed by atoms with van der Waals surface area (Å²) in [5.74, 6) is -1.10. The van der Waals surface area contributed by atoms with Crippen molar-refractivity contribution in [2.75, 3.05) is 6.54 Å². The Kier molecular flexibility index (Phi) is 7.79. The first-order valence-corrected chi connectivity index (χ1v) is 13.4. The van der Waals surface area contributed by atoms with Gasteiger partial charge in [-0.3, -0.25) is 9.69 Å². The summed E-state index contributed by atoms with van der Waals surface area (Å²) in [5, 5.41) is 9.29. The van der Waals surface area contributed by atoms with E-state index in [0.29, 0.717) is 36.9 Å². The second-order valence-corrected chi connectivity index (χ2v) is 11.4. The minimum absolute atomic E-state index is 0.0539. The molecule has 35 heavy (non-hydrogen) atoms. The lowest BCUT2D eigenvalue weighted by Crippen LogP contribution is -2.47. The van der Waals surface area contributed by atoms with Gasteiger partial charge < -0.3 is 9.84 Å². The summed E-state index contributed by atoms with van der Waals surface area (Å²) in [6.45, 7) is 3.17. The minimum atomic E-state index is -3.80. The van der Waals surface area contributed by atoms with Crippen LogP contribution >= 0.6 is 11.6 Å². The highest BCUT2D eigenvalue weighted by Gasteiger charge is 2.40. The molecule has 0 aromatic heterocycles. The Morgan fingerprint density at radius 1 is 1.00 bits per heavy atom. The summed E-state index contributed by atoms with van der Waals surface area (Å²) in [6.07, 6.45) is 0.475. The fourth-order valence-corrected chi connectivity index (χ4v) is 6.28. The largest absolute Gasteiger partial charge is 0.489 e. The summed E-state index contributed by atoms with van der Waals surface area (Å²) < 4.78 is 33.1. The predicted octanol–water partition coefficient (Wildman–Crippen LogP) is 5.32. The Balaban J connectivity index is 1.52. The number of aryl methyl sites for hydroxylation is 1. The second kappa shape index (κ2) is 10.8. The Bertz CT molecular complexity index is 1260. The third-order valence-corrected chi connectivity index (χ3v) is 8.73. The van der Waals surface area contributed by atoms with E-state index in [1.165, 1.54) is 12.1 Å². The average molecular weight is 514 g/mol. The molecule has 1 fully saturated rings. The van der Waals surface area contributed by atoms with E-state index in [1.54, 1.807) is 24.3 Å². The summed E-state index contributed by atoms with van der Waals surface area (Å²) in [7, 11) is -3.80. The van der Waals surface area contributed by atoms with E-state index in [-0.39, 0.29) is 11.3 Å². The molecule has 1 heterocycles. The van der Waals surface area contributed by atoms with Gasteiger partial charge in [-0.05, 0) is 67.3 Å².